The molecule has 1 aliphatic carbocycles. The Morgan fingerprint density at radius 3 is 2.24 bits per heavy atom. The minimum absolute atomic E-state index is 0.0814. The van der Waals surface area contributed by atoms with Crippen molar-refractivity contribution in [3.63, 3.8) is 0 Å². The van der Waals surface area contributed by atoms with E-state index in [1.54, 1.807) is 64.0 Å². The van der Waals surface area contributed by atoms with Gasteiger partial charge in [0.1, 0.15) is 11.7 Å². The Morgan fingerprint density at radius 2 is 1.66 bits per heavy atom. The molecule has 1 unspecified atom stereocenters. The second kappa shape index (κ2) is 15.4. The van der Waals surface area contributed by atoms with Crippen LogP contribution in [0.2, 0.25) is 0 Å². The molecule has 1 atom stereocenters. The number of anilines is 1. The van der Waals surface area contributed by atoms with E-state index in [1.165, 1.54) is 4.90 Å². The fourth-order valence-corrected chi connectivity index (χ4v) is 4.27. The maximum Gasteiger partial charge on any atom is 0.354 e. The van der Waals surface area contributed by atoms with Crippen LogP contribution in [0.15, 0.2) is 47.2 Å². The molecule has 0 aliphatic heterocycles. The summed E-state index contributed by atoms with van der Waals surface area (Å²) in [5, 5.41) is 6.88. The number of likely N-dealkylation sites (N-methyl/N-ethyl adjacent to an activating group) is 1. The first-order chi connectivity index (χ1) is 18.2. The highest BCUT2D eigenvalue weighted by molar-refractivity contribution is 6.09. The van der Waals surface area contributed by atoms with Gasteiger partial charge in [-0.2, -0.15) is 5.10 Å². The van der Waals surface area contributed by atoms with E-state index in [2.05, 4.69) is 15.8 Å². The number of hydrogen-bond donors (Lipinski definition) is 2. The number of rotatable bonds is 11. The third-order valence-electron chi connectivity index (χ3n) is 5.99. The molecular formula is C27H39N5O6. The smallest absolute Gasteiger partial charge is 0.354 e. The summed E-state index contributed by atoms with van der Waals surface area (Å²) < 4.78 is 10.4. The Hall–Kier alpha value is -3.89. The van der Waals surface area contributed by atoms with Crippen molar-refractivity contribution in [1.29, 1.82) is 0 Å². The van der Waals surface area contributed by atoms with Crippen molar-refractivity contribution >= 4 is 35.3 Å². The van der Waals surface area contributed by atoms with Gasteiger partial charge < -0.3 is 24.6 Å². The van der Waals surface area contributed by atoms with Gasteiger partial charge in [0.2, 0.25) is 0 Å². The molecule has 11 heteroatoms. The van der Waals surface area contributed by atoms with Crippen LogP contribution in [-0.2, 0) is 23.9 Å². The van der Waals surface area contributed by atoms with Gasteiger partial charge in [-0.1, -0.05) is 37.5 Å². The molecule has 0 aromatic heterocycles. The highest BCUT2D eigenvalue weighted by atomic mass is 16.5. The molecule has 1 aromatic rings. The van der Waals surface area contributed by atoms with Crippen LogP contribution >= 0.6 is 0 Å². The second-order valence-electron chi connectivity index (χ2n) is 9.02. The number of hydrazone groups is 1. The molecule has 1 aromatic carbocycles. The monoisotopic (exact) mass is 529 g/mol. The standard InChI is InChI=1S/C27H39N5O6/c1-6-37-23(33)18-22(26(35)38-7-2)32(21-16-12-9-13-17-21)24(25(34)31(4)5)19(3)29-30-27(36)28-20-14-10-8-11-15-20/h8,10-11,14-15,18,21,24H,6-7,9,12-13,16-17H2,1-5H3,(H2,28,30,36)/b22-18+,29-19+. The zero-order valence-corrected chi connectivity index (χ0v) is 22.9. The Balaban J connectivity index is 2.53. The Bertz CT molecular complexity index is 1020. The van der Waals surface area contributed by atoms with Crippen LogP contribution in [0.5, 0.6) is 0 Å². The molecule has 11 nitrogen and oxygen atoms in total. The maximum atomic E-state index is 13.6. The lowest BCUT2D eigenvalue weighted by Crippen LogP contribution is -2.56. The molecule has 38 heavy (non-hydrogen) atoms. The molecule has 208 valence electrons. The van der Waals surface area contributed by atoms with Crippen LogP contribution in [0.25, 0.3) is 0 Å². The average Bonchev–Trinajstić information content (AvgIpc) is 2.90. The molecule has 0 saturated heterocycles. The summed E-state index contributed by atoms with van der Waals surface area (Å²) in [5.74, 6) is -1.84. The number of urea groups is 1. The molecule has 1 aliphatic rings. The van der Waals surface area contributed by atoms with Crippen LogP contribution in [0.1, 0.15) is 52.9 Å². The molecule has 0 radical (unpaired) electrons. The molecule has 1 saturated carbocycles. The Kier molecular flexibility index (Phi) is 12.3. The molecule has 0 bridgehead atoms. The number of nitrogens with zero attached hydrogens (tertiary/aromatic N) is 3. The number of carbonyl (C=O) groups is 4. The third kappa shape index (κ3) is 8.89. The van der Waals surface area contributed by atoms with Gasteiger partial charge in [0.15, 0.2) is 0 Å². The normalized spacial score (nSPS) is 15.2. The van der Waals surface area contributed by atoms with Gasteiger partial charge in [-0.3, -0.25) is 4.79 Å². The van der Waals surface area contributed by atoms with Gasteiger partial charge >= 0.3 is 18.0 Å². The van der Waals surface area contributed by atoms with Crippen molar-refractivity contribution in [3.8, 4) is 0 Å². The van der Waals surface area contributed by atoms with E-state index in [4.69, 9.17) is 9.47 Å². The molecule has 0 heterocycles. The maximum absolute atomic E-state index is 13.6. The van der Waals surface area contributed by atoms with Crippen molar-refractivity contribution in [3.05, 3.63) is 42.1 Å². The molecule has 2 rings (SSSR count). The van der Waals surface area contributed by atoms with Gasteiger partial charge in [0.25, 0.3) is 5.91 Å². The summed E-state index contributed by atoms with van der Waals surface area (Å²) in [6, 6.07) is 6.92. The highest BCUT2D eigenvalue weighted by Crippen LogP contribution is 2.29. The minimum atomic E-state index is -1.09. The van der Waals surface area contributed by atoms with Crippen molar-refractivity contribution in [2.45, 2.75) is 65.0 Å². The molecular weight excluding hydrogens is 490 g/mol. The van der Waals surface area contributed by atoms with Crippen LogP contribution in [0.3, 0.4) is 0 Å². The number of esters is 2. The topological polar surface area (TPSA) is 130 Å². The van der Waals surface area contributed by atoms with E-state index < -0.39 is 24.0 Å². The van der Waals surface area contributed by atoms with E-state index >= 15 is 0 Å². The highest BCUT2D eigenvalue weighted by Gasteiger charge is 2.39. The van der Waals surface area contributed by atoms with Crippen LogP contribution in [-0.4, -0.2) is 78.8 Å². The molecule has 1 fully saturated rings. The van der Waals surface area contributed by atoms with Gasteiger partial charge in [-0.05, 0) is 45.7 Å². The lowest BCUT2D eigenvalue weighted by molar-refractivity contribution is -0.144. The predicted octanol–water partition coefficient (Wildman–Crippen LogP) is 3.29. The number of hydrogen-bond acceptors (Lipinski definition) is 8. The van der Waals surface area contributed by atoms with Crippen LogP contribution in [0, 0.1) is 0 Å². The summed E-state index contributed by atoms with van der Waals surface area (Å²) >= 11 is 0. The SMILES string of the molecule is CCOC(=O)/C=C(\C(=O)OCC)N(C1CCCCC1)C(C(=O)N(C)C)/C(C)=N/NC(=O)Nc1ccccc1. The predicted molar refractivity (Wildman–Crippen MR) is 144 cm³/mol. The lowest BCUT2D eigenvalue weighted by Gasteiger charge is -2.41. The van der Waals surface area contributed by atoms with Crippen LogP contribution < -0.4 is 10.7 Å². The number of carbonyl (C=O) groups excluding carboxylic acids is 4. The first-order valence-corrected chi connectivity index (χ1v) is 12.9. The van der Waals surface area contributed by atoms with Crippen molar-refractivity contribution in [1.82, 2.24) is 15.2 Å². The van der Waals surface area contributed by atoms with Crippen molar-refractivity contribution < 1.29 is 28.7 Å². The van der Waals surface area contributed by atoms with E-state index in [9.17, 15) is 19.2 Å². The van der Waals surface area contributed by atoms with Crippen molar-refractivity contribution in [2.75, 3.05) is 32.6 Å². The number of nitrogens with one attached hydrogen (secondary N) is 2. The molecule has 0 spiro atoms. The van der Waals surface area contributed by atoms with Gasteiger partial charge in [0, 0.05) is 25.8 Å². The second-order valence-corrected chi connectivity index (χ2v) is 9.02. The first kappa shape index (κ1) is 30.3. The summed E-state index contributed by atoms with van der Waals surface area (Å²) in [6.45, 7) is 5.12. The number of amides is 3. The zero-order chi connectivity index (χ0) is 28.1. The van der Waals surface area contributed by atoms with Gasteiger partial charge in [0.05, 0.1) is 25.0 Å². The number of benzene rings is 1. The molecule has 2 N–H and O–H groups in total. The van der Waals surface area contributed by atoms with E-state index in [1.807, 2.05) is 6.07 Å². The summed E-state index contributed by atoms with van der Waals surface area (Å²) in [7, 11) is 3.19. The summed E-state index contributed by atoms with van der Waals surface area (Å²) in [6.07, 6.45) is 5.30. The third-order valence-corrected chi connectivity index (χ3v) is 5.99. The van der Waals surface area contributed by atoms with E-state index in [-0.39, 0.29) is 36.6 Å². The number of para-hydroxylation sites is 1. The number of ether oxygens (including phenoxy) is 2. The van der Waals surface area contributed by atoms with Crippen molar-refractivity contribution in [2.24, 2.45) is 5.10 Å². The molecule has 3 amide bonds. The van der Waals surface area contributed by atoms with Gasteiger partial charge in [-0.25, -0.2) is 19.8 Å². The lowest BCUT2D eigenvalue weighted by atomic mass is 9.91. The fourth-order valence-electron chi connectivity index (χ4n) is 4.27. The minimum Gasteiger partial charge on any atom is -0.463 e. The summed E-state index contributed by atoms with van der Waals surface area (Å²) in [5.41, 5.74) is 3.15. The first-order valence-electron chi connectivity index (χ1n) is 12.9. The van der Waals surface area contributed by atoms with E-state index in [0.29, 0.717) is 18.5 Å². The zero-order valence-electron chi connectivity index (χ0n) is 22.9. The largest absolute Gasteiger partial charge is 0.463 e. The fraction of sp³-hybridized carbons (Fsp3) is 0.519. The quantitative estimate of drug-likeness (QED) is 0.195. The summed E-state index contributed by atoms with van der Waals surface area (Å²) in [4.78, 5) is 54.7. The van der Waals surface area contributed by atoms with Crippen LogP contribution in [0.4, 0.5) is 10.5 Å². The van der Waals surface area contributed by atoms with E-state index in [0.717, 1.165) is 25.3 Å². The van der Waals surface area contributed by atoms with Gasteiger partial charge in [-0.15, -0.1) is 0 Å². The Labute approximate surface area is 224 Å². The Morgan fingerprint density at radius 1 is 1.03 bits per heavy atom. The average molecular weight is 530 g/mol.